The normalized spacial score (nSPS) is 11.1. The molecule has 0 unspecified atom stereocenters. The van der Waals surface area contributed by atoms with Gasteiger partial charge in [0.2, 0.25) is 0 Å². The second-order valence-corrected chi connectivity index (χ2v) is 5.53. The molecule has 0 fully saturated rings. The van der Waals surface area contributed by atoms with Gasteiger partial charge in [0.05, 0.1) is 18.9 Å². The summed E-state index contributed by atoms with van der Waals surface area (Å²) >= 11 is 0. The highest BCUT2D eigenvalue weighted by atomic mass is 16.5. The highest BCUT2D eigenvalue weighted by Gasteiger charge is 2.11. The molecule has 0 radical (unpaired) electrons. The molecule has 0 saturated carbocycles. The van der Waals surface area contributed by atoms with Gasteiger partial charge in [-0.3, -0.25) is 0 Å². The molecule has 4 nitrogen and oxygen atoms in total. The number of aromatic nitrogens is 1. The molecule has 1 aromatic carbocycles. The van der Waals surface area contributed by atoms with Crippen LogP contribution in [0.4, 0.5) is 0 Å². The topological polar surface area (TPSA) is 47.3 Å². The van der Waals surface area contributed by atoms with Crippen molar-refractivity contribution in [2.24, 2.45) is 0 Å². The molecule has 114 valence electrons. The lowest BCUT2D eigenvalue weighted by atomic mass is 10.1. The third-order valence-corrected chi connectivity index (χ3v) is 3.29. The van der Waals surface area contributed by atoms with Gasteiger partial charge in [-0.05, 0) is 32.0 Å². The Hall–Kier alpha value is -1.81. The van der Waals surface area contributed by atoms with Gasteiger partial charge in [0.1, 0.15) is 5.75 Å². The van der Waals surface area contributed by atoms with Crippen LogP contribution in [0, 0.1) is 6.92 Å². The first-order chi connectivity index (χ1) is 10.1. The fourth-order valence-corrected chi connectivity index (χ4v) is 2.20. The van der Waals surface area contributed by atoms with Gasteiger partial charge in [-0.15, -0.1) is 0 Å². The van der Waals surface area contributed by atoms with E-state index in [0.29, 0.717) is 6.04 Å². The van der Waals surface area contributed by atoms with E-state index in [2.05, 4.69) is 37.1 Å². The highest BCUT2D eigenvalue weighted by molar-refractivity contribution is 5.66. The minimum Gasteiger partial charge on any atom is -0.496 e. The van der Waals surface area contributed by atoms with Gasteiger partial charge in [-0.25, -0.2) is 4.98 Å². The van der Waals surface area contributed by atoms with Crippen LogP contribution in [0.3, 0.4) is 0 Å². The van der Waals surface area contributed by atoms with Crippen molar-refractivity contribution >= 4 is 0 Å². The number of hydrogen-bond donors (Lipinski definition) is 1. The molecule has 0 bridgehead atoms. The van der Waals surface area contributed by atoms with Crippen LogP contribution in [0.1, 0.15) is 31.7 Å². The molecular weight excluding hydrogens is 264 g/mol. The number of benzene rings is 1. The molecule has 4 heteroatoms. The van der Waals surface area contributed by atoms with Gasteiger partial charge in [0.25, 0.3) is 0 Å². The summed E-state index contributed by atoms with van der Waals surface area (Å²) in [6, 6.07) is 6.56. The summed E-state index contributed by atoms with van der Waals surface area (Å²) < 4.78 is 11.2. The van der Waals surface area contributed by atoms with E-state index in [4.69, 9.17) is 9.15 Å². The molecule has 0 aliphatic carbocycles. The van der Waals surface area contributed by atoms with Crippen molar-refractivity contribution in [3.8, 4) is 17.1 Å². The first kappa shape index (κ1) is 15.6. The average Bonchev–Trinajstić information content (AvgIpc) is 2.92. The molecule has 0 amide bonds. The maximum Gasteiger partial charge on any atom is 0.194 e. The van der Waals surface area contributed by atoms with Gasteiger partial charge in [-0.2, -0.15) is 0 Å². The third kappa shape index (κ3) is 4.33. The number of oxazole rings is 1. The molecule has 1 heterocycles. The molecule has 0 aliphatic heterocycles. The van der Waals surface area contributed by atoms with Gasteiger partial charge in [-0.1, -0.05) is 25.5 Å². The lowest BCUT2D eigenvalue weighted by molar-refractivity contribution is 0.413. The van der Waals surface area contributed by atoms with Crippen molar-refractivity contribution < 1.29 is 9.15 Å². The largest absolute Gasteiger partial charge is 0.496 e. The molecule has 1 N–H and O–H groups in total. The van der Waals surface area contributed by atoms with E-state index in [1.807, 2.05) is 12.1 Å². The van der Waals surface area contributed by atoms with Crippen LogP contribution in [-0.4, -0.2) is 24.7 Å². The SMILES string of the molecule is COc1ccc(C)cc1-c1cnc(CCCNC(C)C)o1. The second kappa shape index (κ2) is 7.27. The Morgan fingerprint density at radius 2 is 2.14 bits per heavy atom. The van der Waals surface area contributed by atoms with Crippen LogP contribution in [0.15, 0.2) is 28.8 Å². The first-order valence-corrected chi connectivity index (χ1v) is 7.43. The predicted octanol–water partition coefficient (Wildman–Crippen LogP) is 3.59. The molecule has 21 heavy (non-hydrogen) atoms. The van der Waals surface area contributed by atoms with E-state index in [-0.39, 0.29) is 0 Å². The van der Waals surface area contributed by atoms with Crippen LogP contribution in [0.2, 0.25) is 0 Å². The monoisotopic (exact) mass is 288 g/mol. The zero-order valence-electron chi connectivity index (χ0n) is 13.3. The maximum absolute atomic E-state index is 5.86. The smallest absolute Gasteiger partial charge is 0.194 e. The Morgan fingerprint density at radius 1 is 1.33 bits per heavy atom. The number of rotatable bonds is 7. The average molecular weight is 288 g/mol. The summed E-state index contributed by atoms with van der Waals surface area (Å²) in [5.41, 5.74) is 2.13. The van der Waals surface area contributed by atoms with E-state index >= 15 is 0 Å². The quantitative estimate of drug-likeness (QED) is 0.791. The summed E-state index contributed by atoms with van der Waals surface area (Å²) in [6.45, 7) is 7.32. The minimum atomic E-state index is 0.515. The summed E-state index contributed by atoms with van der Waals surface area (Å²) in [5, 5.41) is 3.39. The zero-order valence-corrected chi connectivity index (χ0v) is 13.3. The summed E-state index contributed by atoms with van der Waals surface area (Å²) in [7, 11) is 1.67. The Balaban J connectivity index is 2.04. The van der Waals surface area contributed by atoms with E-state index < -0.39 is 0 Å². The lowest BCUT2D eigenvalue weighted by Crippen LogP contribution is -2.23. The van der Waals surface area contributed by atoms with Crippen LogP contribution in [0.25, 0.3) is 11.3 Å². The molecule has 2 rings (SSSR count). The van der Waals surface area contributed by atoms with Crippen LogP contribution in [-0.2, 0) is 6.42 Å². The number of hydrogen-bond acceptors (Lipinski definition) is 4. The first-order valence-electron chi connectivity index (χ1n) is 7.43. The summed E-state index contributed by atoms with van der Waals surface area (Å²) in [6.07, 6.45) is 3.64. The van der Waals surface area contributed by atoms with Crippen molar-refractivity contribution in [2.75, 3.05) is 13.7 Å². The Morgan fingerprint density at radius 3 is 2.86 bits per heavy atom. The summed E-state index contributed by atoms with van der Waals surface area (Å²) in [5.74, 6) is 2.35. The predicted molar refractivity (Wildman–Crippen MR) is 84.7 cm³/mol. The van der Waals surface area contributed by atoms with Crippen LogP contribution >= 0.6 is 0 Å². The standard InChI is InChI=1S/C17H24N2O2/c1-12(2)18-9-5-6-17-19-11-16(21-17)14-10-13(3)7-8-15(14)20-4/h7-8,10-12,18H,5-6,9H2,1-4H3. The molecule has 0 aliphatic rings. The second-order valence-electron chi connectivity index (χ2n) is 5.53. The maximum atomic E-state index is 5.86. The minimum absolute atomic E-state index is 0.515. The van der Waals surface area contributed by atoms with E-state index in [9.17, 15) is 0 Å². The number of nitrogens with zero attached hydrogens (tertiary/aromatic N) is 1. The van der Waals surface area contributed by atoms with Crippen molar-refractivity contribution in [1.29, 1.82) is 0 Å². The lowest BCUT2D eigenvalue weighted by Gasteiger charge is -2.07. The van der Waals surface area contributed by atoms with Crippen LogP contribution in [0.5, 0.6) is 5.75 Å². The van der Waals surface area contributed by atoms with E-state index in [1.54, 1.807) is 13.3 Å². The van der Waals surface area contributed by atoms with Crippen molar-refractivity contribution in [3.05, 3.63) is 35.9 Å². The molecule has 0 atom stereocenters. The molecule has 2 aromatic rings. The van der Waals surface area contributed by atoms with Crippen molar-refractivity contribution in [1.82, 2.24) is 10.3 Å². The summed E-state index contributed by atoms with van der Waals surface area (Å²) in [4.78, 5) is 4.36. The third-order valence-electron chi connectivity index (χ3n) is 3.29. The van der Waals surface area contributed by atoms with E-state index in [0.717, 1.165) is 42.4 Å². The van der Waals surface area contributed by atoms with Crippen LogP contribution < -0.4 is 10.1 Å². The fraction of sp³-hybridized carbons (Fsp3) is 0.471. The van der Waals surface area contributed by atoms with Gasteiger partial charge >= 0.3 is 0 Å². The van der Waals surface area contributed by atoms with Gasteiger partial charge < -0.3 is 14.5 Å². The molecule has 0 saturated heterocycles. The Kier molecular flexibility index (Phi) is 5.39. The molecular formula is C17H24N2O2. The molecule has 0 spiro atoms. The van der Waals surface area contributed by atoms with E-state index in [1.165, 1.54) is 5.56 Å². The number of ether oxygens (including phenoxy) is 1. The zero-order chi connectivity index (χ0) is 15.2. The highest BCUT2D eigenvalue weighted by Crippen LogP contribution is 2.31. The Labute approximate surface area is 126 Å². The number of aryl methyl sites for hydroxylation is 2. The van der Waals surface area contributed by atoms with Crippen molar-refractivity contribution in [2.45, 2.75) is 39.7 Å². The fourth-order valence-electron chi connectivity index (χ4n) is 2.20. The molecule has 1 aromatic heterocycles. The number of methoxy groups -OCH3 is 1. The van der Waals surface area contributed by atoms with Gasteiger partial charge in [0, 0.05) is 12.5 Å². The Bertz CT molecular complexity index is 576. The number of nitrogens with one attached hydrogen (secondary N) is 1. The van der Waals surface area contributed by atoms with Crippen molar-refractivity contribution in [3.63, 3.8) is 0 Å². The van der Waals surface area contributed by atoms with Gasteiger partial charge in [0.15, 0.2) is 11.7 Å².